The van der Waals surface area contributed by atoms with Crippen molar-refractivity contribution in [2.75, 3.05) is 11.6 Å². The number of thiocarbonyl (C=S) groups is 1. The van der Waals surface area contributed by atoms with Gasteiger partial charge in [-0.3, -0.25) is 4.68 Å². The van der Waals surface area contributed by atoms with E-state index in [1.54, 1.807) is 0 Å². The summed E-state index contributed by atoms with van der Waals surface area (Å²) in [6, 6.07) is 0.505. The van der Waals surface area contributed by atoms with Crippen molar-refractivity contribution in [3.05, 3.63) is 11.3 Å². The van der Waals surface area contributed by atoms with Gasteiger partial charge in [0, 0.05) is 18.3 Å². The van der Waals surface area contributed by atoms with Crippen molar-refractivity contribution < 1.29 is 0 Å². The highest BCUT2D eigenvalue weighted by Crippen LogP contribution is 2.31. The summed E-state index contributed by atoms with van der Waals surface area (Å²) >= 11 is 7.07. The fourth-order valence-corrected chi connectivity index (χ4v) is 3.64. The fourth-order valence-electron chi connectivity index (χ4n) is 2.60. The SMILES string of the molecule is CSC1CCC(Nc2c(C(N)=S)c(C)nn2C)C1. The van der Waals surface area contributed by atoms with Gasteiger partial charge in [-0.2, -0.15) is 16.9 Å². The van der Waals surface area contributed by atoms with Crippen molar-refractivity contribution in [1.82, 2.24) is 9.78 Å². The van der Waals surface area contributed by atoms with Crippen molar-refractivity contribution in [3.63, 3.8) is 0 Å². The van der Waals surface area contributed by atoms with Crippen LogP contribution in [-0.2, 0) is 7.05 Å². The minimum absolute atomic E-state index is 0.419. The van der Waals surface area contributed by atoms with E-state index in [1.807, 2.05) is 30.4 Å². The van der Waals surface area contributed by atoms with Crippen LogP contribution in [0.1, 0.15) is 30.5 Å². The van der Waals surface area contributed by atoms with E-state index in [2.05, 4.69) is 16.7 Å². The van der Waals surface area contributed by atoms with Gasteiger partial charge in [0.1, 0.15) is 10.8 Å². The van der Waals surface area contributed by atoms with Crippen LogP contribution in [0.5, 0.6) is 0 Å². The third-order valence-electron chi connectivity index (χ3n) is 3.53. The van der Waals surface area contributed by atoms with E-state index in [0.29, 0.717) is 11.0 Å². The fraction of sp³-hybridized carbons (Fsp3) is 0.667. The Hall–Kier alpha value is -0.750. The third-order valence-corrected chi connectivity index (χ3v) is 4.83. The quantitative estimate of drug-likeness (QED) is 0.829. The topological polar surface area (TPSA) is 55.9 Å². The first-order chi connectivity index (χ1) is 8.52. The number of hydrogen-bond donors (Lipinski definition) is 2. The average Bonchev–Trinajstić information content (AvgIpc) is 2.85. The molecule has 0 spiro atoms. The van der Waals surface area contributed by atoms with E-state index in [9.17, 15) is 0 Å². The number of anilines is 1. The van der Waals surface area contributed by atoms with Crippen molar-refractivity contribution in [2.24, 2.45) is 12.8 Å². The predicted molar refractivity (Wildman–Crippen MR) is 82.4 cm³/mol. The zero-order chi connectivity index (χ0) is 13.3. The Morgan fingerprint density at radius 3 is 2.83 bits per heavy atom. The Morgan fingerprint density at radius 1 is 1.56 bits per heavy atom. The van der Waals surface area contributed by atoms with Crippen LogP contribution in [0.3, 0.4) is 0 Å². The number of aromatic nitrogens is 2. The molecule has 4 nitrogen and oxygen atoms in total. The molecule has 2 atom stereocenters. The molecule has 3 N–H and O–H groups in total. The molecule has 0 bridgehead atoms. The van der Waals surface area contributed by atoms with Crippen LogP contribution in [0, 0.1) is 6.92 Å². The van der Waals surface area contributed by atoms with Crippen LogP contribution in [0.15, 0.2) is 0 Å². The molecule has 1 saturated carbocycles. The molecule has 2 unspecified atom stereocenters. The van der Waals surface area contributed by atoms with Gasteiger partial charge in [-0.1, -0.05) is 12.2 Å². The Kier molecular flexibility index (Phi) is 4.17. The first-order valence-corrected chi connectivity index (χ1v) is 7.85. The summed E-state index contributed by atoms with van der Waals surface area (Å²) in [5.74, 6) is 0.965. The first-order valence-electron chi connectivity index (χ1n) is 6.15. The minimum atomic E-state index is 0.419. The molecule has 1 fully saturated rings. The second kappa shape index (κ2) is 5.48. The minimum Gasteiger partial charge on any atom is -0.389 e. The van der Waals surface area contributed by atoms with Gasteiger partial charge in [0.15, 0.2) is 0 Å². The van der Waals surface area contributed by atoms with E-state index >= 15 is 0 Å². The predicted octanol–water partition coefficient (Wildman–Crippen LogP) is 2.06. The lowest BCUT2D eigenvalue weighted by Gasteiger charge is -2.15. The van der Waals surface area contributed by atoms with Crippen LogP contribution < -0.4 is 11.1 Å². The Bertz CT molecular complexity index is 455. The highest BCUT2D eigenvalue weighted by Gasteiger charge is 2.26. The van der Waals surface area contributed by atoms with E-state index in [-0.39, 0.29) is 0 Å². The van der Waals surface area contributed by atoms with E-state index < -0.39 is 0 Å². The van der Waals surface area contributed by atoms with Crippen molar-refractivity contribution in [1.29, 1.82) is 0 Å². The molecule has 0 radical (unpaired) electrons. The normalized spacial score (nSPS) is 23.3. The molecule has 1 aliphatic carbocycles. The maximum absolute atomic E-state index is 5.79. The van der Waals surface area contributed by atoms with Gasteiger partial charge in [0.25, 0.3) is 0 Å². The number of rotatable bonds is 4. The first kappa shape index (κ1) is 13.7. The molecule has 1 aliphatic rings. The molecule has 0 saturated heterocycles. The summed E-state index contributed by atoms with van der Waals surface area (Å²) < 4.78 is 1.84. The van der Waals surface area contributed by atoms with Gasteiger partial charge < -0.3 is 11.1 Å². The third kappa shape index (κ3) is 2.64. The number of nitrogens with one attached hydrogen (secondary N) is 1. The summed E-state index contributed by atoms with van der Waals surface area (Å²) in [6.45, 7) is 1.94. The molecule has 18 heavy (non-hydrogen) atoms. The van der Waals surface area contributed by atoms with Gasteiger partial charge in [-0.15, -0.1) is 0 Å². The summed E-state index contributed by atoms with van der Waals surface area (Å²) in [5, 5.41) is 8.73. The highest BCUT2D eigenvalue weighted by atomic mass is 32.2. The zero-order valence-electron chi connectivity index (χ0n) is 11.1. The molecule has 1 aromatic rings. The highest BCUT2D eigenvalue weighted by molar-refractivity contribution is 7.99. The number of hydrogen-bond acceptors (Lipinski definition) is 4. The smallest absolute Gasteiger partial charge is 0.134 e. The molecule has 100 valence electrons. The van der Waals surface area contributed by atoms with E-state index in [4.69, 9.17) is 18.0 Å². The lowest BCUT2D eigenvalue weighted by Crippen LogP contribution is -2.21. The summed E-state index contributed by atoms with van der Waals surface area (Å²) in [6.07, 6.45) is 5.86. The summed E-state index contributed by atoms with van der Waals surface area (Å²) in [4.78, 5) is 0.419. The molecule has 1 aromatic heterocycles. The monoisotopic (exact) mass is 284 g/mol. The number of aryl methyl sites for hydroxylation is 2. The summed E-state index contributed by atoms with van der Waals surface area (Å²) in [5.41, 5.74) is 7.57. The maximum atomic E-state index is 5.79. The molecule has 6 heteroatoms. The number of nitrogens with zero attached hydrogens (tertiary/aromatic N) is 2. The maximum Gasteiger partial charge on any atom is 0.134 e. The van der Waals surface area contributed by atoms with Crippen molar-refractivity contribution in [3.8, 4) is 0 Å². The van der Waals surface area contributed by atoms with Crippen LogP contribution in [0.4, 0.5) is 5.82 Å². The second-order valence-corrected chi connectivity index (χ2v) is 6.39. The largest absolute Gasteiger partial charge is 0.389 e. The number of thioether (sulfide) groups is 1. The molecular formula is C12H20N4S2. The lowest BCUT2D eigenvalue weighted by molar-refractivity contribution is 0.709. The Morgan fingerprint density at radius 2 is 2.28 bits per heavy atom. The lowest BCUT2D eigenvalue weighted by atomic mass is 10.2. The van der Waals surface area contributed by atoms with Gasteiger partial charge in [-0.05, 0) is 32.4 Å². The second-order valence-electron chi connectivity index (χ2n) is 4.81. The standard InChI is InChI=1S/C12H20N4S2/c1-7-10(11(13)17)12(16(2)15-7)14-8-4-5-9(6-8)18-3/h8-9,14H,4-6H2,1-3H3,(H2,13,17). The zero-order valence-corrected chi connectivity index (χ0v) is 12.7. The van der Waals surface area contributed by atoms with Gasteiger partial charge in [0.2, 0.25) is 0 Å². The van der Waals surface area contributed by atoms with Crippen LogP contribution in [0.2, 0.25) is 0 Å². The van der Waals surface area contributed by atoms with Crippen molar-refractivity contribution in [2.45, 2.75) is 37.5 Å². The molecule has 0 aliphatic heterocycles. The van der Waals surface area contributed by atoms with Gasteiger partial charge in [-0.25, -0.2) is 0 Å². The molecule has 2 rings (SSSR count). The average molecular weight is 284 g/mol. The molecule has 0 amide bonds. The van der Waals surface area contributed by atoms with Gasteiger partial charge in [0.05, 0.1) is 11.3 Å². The Balaban J connectivity index is 2.17. The van der Waals surface area contributed by atoms with Crippen molar-refractivity contribution >= 4 is 34.8 Å². The van der Waals surface area contributed by atoms with E-state index in [1.165, 1.54) is 19.3 Å². The molecule has 0 aromatic carbocycles. The van der Waals surface area contributed by atoms with Crippen LogP contribution in [0.25, 0.3) is 0 Å². The summed E-state index contributed by atoms with van der Waals surface area (Å²) in [7, 11) is 1.93. The Labute approximate surface area is 118 Å². The van der Waals surface area contributed by atoms with Crippen LogP contribution in [-0.4, -0.2) is 32.3 Å². The number of nitrogens with two attached hydrogens (primary N) is 1. The van der Waals surface area contributed by atoms with Crippen LogP contribution >= 0.6 is 24.0 Å². The molecule has 1 heterocycles. The van der Waals surface area contributed by atoms with E-state index in [0.717, 1.165) is 22.3 Å². The van der Waals surface area contributed by atoms with Gasteiger partial charge >= 0.3 is 0 Å². The molecular weight excluding hydrogens is 264 g/mol.